The normalized spacial score (nSPS) is 9.88. The first kappa shape index (κ1) is 26.6. The molecule has 0 aromatic heterocycles. The number of rotatable bonds is 12. The van der Waals surface area contributed by atoms with Gasteiger partial charge in [0.1, 0.15) is 5.84 Å². The van der Waals surface area contributed by atoms with Gasteiger partial charge < -0.3 is 25.4 Å². The molecule has 0 spiro atoms. The number of hydrogen-bond donors (Lipinski definition) is 4. The molecule has 0 saturated heterocycles. The standard InChI is InChI=1S/C21H20N2O8.HI/c22-21(23)13-3-1-12(2-4-13)15(24)6-7-16(25)14-5-8-17(30-10-19(26)27)18(9-14)31-11-20(28)29;/h1-5,8-9H,6-7,10-11H2,(H3,22,23)(H,26,27)(H,28,29);1H. The molecule has 2 aromatic rings. The molecule has 0 aliphatic heterocycles. The van der Waals surface area contributed by atoms with Gasteiger partial charge in [-0.2, -0.15) is 0 Å². The topological polar surface area (TPSA) is 177 Å². The Kier molecular flexibility index (Phi) is 10.3. The number of carbonyl (C=O) groups excluding carboxylic acids is 2. The maximum atomic E-state index is 12.5. The number of Topliss-reactive ketones (excluding diaryl/α,β-unsaturated/α-hetero) is 2. The van der Waals surface area contributed by atoms with Crippen molar-refractivity contribution in [2.75, 3.05) is 13.2 Å². The van der Waals surface area contributed by atoms with Crippen LogP contribution in [0.25, 0.3) is 0 Å². The summed E-state index contributed by atoms with van der Waals surface area (Å²) in [6.45, 7) is -1.39. The average molecular weight is 556 g/mol. The van der Waals surface area contributed by atoms with E-state index in [1.807, 2.05) is 0 Å². The van der Waals surface area contributed by atoms with Crippen molar-refractivity contribution in [3.8, 4) is 11.5 Å². The highest BCUT2D eigenvalue weighted by Crippen LogP contribution is 2.29. The van der Waals surface area contributed by atoms with Crippen LogP contribution in [0.15, 0.2) is 42.5 Å². The van der Waals surface area contributed by atoms with E-state index >= 15 is 0 Å². The molecule has 0 bridgehead atoms. The molecule has 0 radical (unpaired) electrons. The number of nitrogens with two attached hydrogens (primary N) is 1. The highest BCUT2D eigenvalue weighted by atomic mass is 127. The van der Waals surface area contributed by atoms with Gasteiger partial charge in [0.2, 0.25) is 0 Å². The van der Waals surface area contributed by atoms with E-state index in [1.165, 1.54) is 30.3 Å². The molecule has 5 N–H and O–H groups in total. The average Bonchev–Trinajstić information content (AvgIpc) is 2.74. The Morgan fingerprint density at radius 3 is 1.69 bits per heavy atom. The molecule has 0 aliphatic rings. The molecule has 0 amide bonds. The van der Waals surface area contributed by atoms with E-state index in [4.69, 9.17) is 30.8 Å². The number of aliphatic carboxylic acids is 2. The lowest BCUT2D eigenvalue weighted by Crippen LogP contribution is -2.14. The minimum absolute atomic E-state index is 0. The van der Waals surface area contributed by atoms with Crippen molar-refractivity contribution in [2.45, 2.75) is 12.8 Å². The first-order chi connectivity index (χ1) is 14.7. The number of hydrogen-bond acceptors (Lipinski definition) is 7. The summed E-state index contributed by atoms with van der Waals surface area (Å²) in [5.41, 5.74) is 6.38. The fourth-order valence-electron chi connectivity index (χ4n) is 2.54. The van der Waals surface area contributed by atoms with E-state index in [2.05, 4.69) is 0 Å². The number of ketones is 2. The Balaban J connectivity index is 0.00000512. The van der Waals surface area contributed by atoms with Gasteiger partial charge in [-0.05, 0) is 18.2 Å². The maximum absolute atomic E-state index is 12.5. The molecule has 0 atom stereocenters. The highest BCUT2D eigenvalue weighted by Gasteiger charge is 2.16. The summed E-state index contributed by atoms with van der Waals surface area (Å²) < 4.78 is 10.1. The van der Waals surface area contributed by atoms with Gasteiger partial charge in [0.15, 0.2) is 36.3 Å². The Bertz CT molecular complexity index is 1020. The number of halogens is 1. The predicted molar refractivity (Wildman–Crippen MR) is 123 cm³/mol. The Hall–Kier alpha value is -3.48. The monoisotopic (exact) mass is 556 g/mol. The van der Waals surface area contributed by atoms with Crippen LogP contribution in [0.2, 0.25) is 0 Å². The first-order valence-corrected chi connectivity index (χ1v) is 9.01. The lowest BCUT2D eigenvalue weighted by molar-refractivity contribution is -0.140. The lowest BCUT2D eigenvalue weighted by Gasteiger charge is -2.12. The van der Waals surface area contributed by atoms with E-state index in [9.17, 15) is 19.2 Å². The molecule has 2 aromatic carbocycles. The molecule has 0 unspecified atom stereocenters. The number of benzene rings is 2. The van der Waals surface area contributed by atoms with E-state index in [-0.39, 0.29) is 65.5 Å². The van der Waals surface area contributed by atoms with Gasteiger partial charge in [-0.3, -0.25) is 15.0 Å². The van der Waals surface area contributed by atoms with Gasteiger partial charge >= 0.3 is 11.9 Å². The Morgan fingerprint density at radius 1 is 0.750 bits per heavy atom. The molecule has 0 fully saturated rings. The molecule has 170 valence electrons. The fourth-order valence-corrected chi connectivity index (χ4v) is 2.54. The lowest BCUT2D eigenvalue weighted by atomic mass is 10.0. The van der Waals surface area contributed by atoms with Crippen molar-refractivity contribution in [3.63, 3.8) is 0 Å². The van der Waals surface area contributed by atoms with Crippen molar-refractivity contribution in [1.29, 1.82) is 5.41 Å². The smallest absolute Gasteiger partial charge is 0.341 e. The summed E-state index contributed by atoms with van der Waals surface area (Å²) in [6.07, 6.45) is -0.179. The Morgan fingerprint density at radius 2 is 1.19 bits per heavy atom. The largest absolute Gasteiger partial charge is 0.479 e. The number of amidine groups is 1. The summed E-state index contributed by atoms with van der Waals surface area (Å²) >= 11 is 0. The van der Waals surface area contributed by atoms with Crippen LogP contribution in [0.1, 0.15) is 39.1 Å². The predicted octanol–water partition coefficient (Wildman–Crippen LogP) is 2.36. The van der Waals surface area contributed by atoms with Gasteiger partial charge in [0.25, 0.3) is 0 Å². The summed E-state index contributed by atoms with van der Waals surface area (Å²) in [5, 5.41) is 24.8. The van der Waals surface area contributed by atoms with Gasteiger partial charge in [0, 0.05) is 29.5 Å². The summed E-state index contributed by atoms with van der Waals surface area (Å²) in [5.74, 6) is -3.40. The van der Waals surface area contributed by atoms with Crippen LogP contribution in [0.5, 0.6) is 11.5 Å². The zero-order valence-corrected chi connectivity index (χ0v) is 19.0. The molecule has 2 rings (SSSR count). The van der Waals surface area contributed by atoms with Crippen molar-refractivity contribution in [1.82, 2.24) is 0 Å². The second-order valence-corrected chi connectivity index (χ2v) is 6.36. The number of nitrogens with one attached hydrogen (secondary N) is 1. The number of carbonyl (C=O) groups is 4. The van der Waals surface area contributed by atoms with Crippen LogP contribution >= 0.6 is 24.0 Å². The van der Waals surface area contributed by atoms with Gasteiger partial charge in [-0.1, -0.05) is 24.3 Å². The van der Waals surface area contributed by atoms with Crippen molar-refractivity contribution >= 4 is 53.3 Å². The fraction of sp³-hybridized carbons (Fsp3) is 0.190. The van der Waals surface area contributed by atoms with Crippen LogP contribution in [-0.2, 0) is 9.59 Å². The van der Waals surface area contributed by atoms with Crippen molar-refractivity contribution in [3.05, 3.63) is 59.2 Å². The zero-order chi connectivity index (χ0) is 23.0. The number of nitrogen functional groups attached to an aromatic ring is 1. The van der Waals surface area contributed by atoms with Crippen LogP contribution in [0, 0.1) is 5.41 Å². The van der Waals surface area contributed by atoms with Crippen molar-refractivity contribution in [2.24, 2.45) is 5.73 Å². The summed E-state index contributed by atoms with van der Waals surface area (Å²) in [7, 11) is 0. The van der Waals surface area contributed by atoms with Crippen LogP contribution in [0.3, 0.4) is 0 Å². The minimum Gasteiger partial charge on any atom is -0.479 e. The third-order valence-corrected chi connectivity index (χ3v) is 4.06. The Labute approximate surface area is 199 Å². The van der Waals surface area contributed by atoms with Crippen molar-refractivity contribution < 1.29 is 38.9 Å². The van der Waals surface area contributed by atoms with Crippen LogP contribution < -0.4 is 15.2 Å². The first-order valence-electron chi connectivity index (χ1n) is 9.01. The van der Waals surface area contributed by atoms with Gasteiger partial charge in [-0.25, -0.2) is 9.59 Å². The number of carboxylic acid groups (broad SMARTS) is 2. The second-order valence-electron chi connectivity index (χ2n) is 6.36. The number of carboxylic acids is 2. The summed E-state index contributed by atoms with van der Waals surface area (Å²) in [6, 6.07) is 10.0. The maximum Gasteiger partial charge on any atom is 0.341 e. The quantitative estimate of drug-likeness (QED) is 0.132. The molecule has 0 heterocycles. The highest BCUT2D eigenvalue weighted by molar-refractivity contribution is 14.0. The van der Waals surface area contributed by atoms with Crippen LogP contribution in [-0.4, -0.2) is 52.8 Å². The number of ether oxygens (including phenoxy) is 2. The molecule has 0 aliphatic carbocycles. The third kappa shape index (κ3) is 7.98. The molecular formula is C21H21IN2O8. The van der Waals surface area contributed by atoms with E-state index in [0.29, 0.717) is 11.1 Å². The SMILES string of the molecule is I.N=C(N)c1ccc(C(=O)CCC(=O)c2ccc(OCC(=O)O)c(OCC(=O)O)c2)cc1. The third-order valence-electron chi connectivity index (χ3n) is 4.06. The van der Waals surface area contributed by atoms with Crippen LogP contribution in [0.4, 0.5) is 0 Å². The van der Waals surface area contributed by atoms with Gasteiger partial charge in [0.05, 0.1) is 0 Å². The zero-order valence-electron chi connectivity index (χ0n) is 16.7. The summed E-state index contributed by atoms with van der Waals surface area (Å²) in [4.78, 5) is 46.2. The van der Waals surface area contributed by atoms with E-state index in [0.717, 1.165) is 0 Å². The molecule has 0 saturated carbocycles. The second kappa shape index (κ2) is 12.4. The minimum atomic E-state index is -1.26. The molecule has 11 heteroatoms. The molecular weight excluding hydrogens is 535 g/mol. The molecule has 32 heavy (non-hydrogen) atoms. The van der Waals surface area contributed by atoms with E-state index < -0.39 is 30.9 Å². The molecule has 10 nitrogen and oxygen atoms in total. The van der Waals surface area contributed by atoms with E-state index in [1.54, 1.807) is 12.1 Å². The van der Waals surface area contributed by atoms with Gasteiger partial charge in [-0.15, -0.1) is 24.0 Å².